The van der Waals surface area contributed by atoms with E-state index in [2.05, 4.69) is 5.32 Å². The largest absolute Gasteiger partial charge is 0.492 e. The van der Waals surface area contributed by atoms with Crippen LogP contribution in [0.2, 0.25) is 0 Å². The van der Waals surface area contributed by atoms with Crippen LogP contribution in [0, 0.1) is 0 Å². The fourth-order valence-corrected chi connectivity index (χ4v) is 6.16. The van der Waals surface area contributed by atoms with Crippen molar-refractivity contribution in [2.75, 3.05) is 56.6 Å². The Balaban J connectivity index is 1.43. The highest BCUT2D eigenvalue weighted by atomic mass is 32.2. The van der Waals surface area contributed by atoms with Crippen molar-refractivity contribution in [2.24, 2.45) is 0 Å². The first-order valence-electron chi connectivity index (χ1n) is 12.0. The fourth-order valence-electron chi connectivity index (χ4n) is 3.80. The molecule has 2 aromatic carbocycles. The van der Waals surface area contributed by atoms with Crippen molar-refractivity contribution in [2.45, 2.75) is 23.9 Å². The number of halogens is 3. The number of hydrogen-bond donors (Lipinski definition) is 1. The average Bonchev–Trinajstić information content (AvgIpc) is 2.89. The Bertz CT molecular complexity index is 1330. The number of nitrogens with one attached hydrogen (secondary N) is 1. The molecule has 3 rings (SSSR count). The summed E-state index contributed by atoms with van der Waals surface area (Å²) in [5.74, 6) is 0.0260. The van der Waals surface area contributed by atoms with Crippen LogP contribution in [0.5, 0.6) is 5.75 Å². The van der Waals surface area contributed by atoms with Crippen molar-refractivity contribution in [3.63, 3.8) is 0 Å². The number of hydrogen-bond acceptors (Lipinski definition) is 7. The van der Waals surface area contributed by atoms with Crippen LogP contribution >= 0.6 is 0 Å². The maximum absolute atomic E-state index is 13.0. The normalized spacial score (nSPS) is 15.1. The molecule has 0 spiro atoms. The van der Waals surface area contributed by atoms with Crippen molar-refractivity contribution < 1.29 is 44.3 Å². The van der Waals surface area contributed by atoms with Crippen molar-refractivity contribution in [3.8, 4) is 5.75 Å². The summed E-state index contributed by atoms with van der Waals surface area (Å²) in [6, 6.07) is 9.90. The van der Waals surface area contributed by atoms with Crippen LogP contribution in [0.3, 0.4) is 0 Å². The van der Waals surface area contributed by atoms with Gasteiger partial charge in [0.2, 0.25) is 26.0 Å². The van der Waals surface area contributed by atoms with Gasteiger partial charge in [-0.1, -0.05) is 6.07 Å². The molecule has 1 aliphatic heterocycles. The number of anilines is 1. The number of ether oxygens (including phenoxy) is 2. The molecule has 39 heavy (non-hydrogen) atoms. The molecule has 216 valence electrons. The minimum absolute atomic E-state index is 0.0565. The second-order valence-corrected chi connectivity index (χ2v) is 12.5. The summed E-state index contributed by atoms with van der Waals surface area (Å²) in [4.78, 5) is 12.3. The highest BCUT2D eigenvalue weighted by Gasteiger charge is 2.31. The second kappa shape index (κ2) is 13.0. The van der Waals surface area contributed by atoms with E-state index in [1.807, 2.05) is 0 Å². The number of alkyl halides is 3. The monoisotopic (exact) mass is 593 g/mol. The molecule has 1 saturated heterocycles. The zero-order valence-corrected chi connectivity index (χ0v) is 22.8. The molecule has 1 N–H and O–H groups in total. The molecule has 1 aliphatic rings. The third-order valence-corrected chi connectivity index (χ3v) is 8.86. The fraction of sp³-hybridized carbons (Fsp3) is 0.458. The van der Waals surface area contributed by atoms with Crippen LogP contribution in [-0.2, 0) is 35.8 Å². The predicted molar refractivity (Wildman–Crippen MR) is 137 cm³/mol. The lowest BCUT2D eigenvalue weighted by Crippen LogP contribution is -2.40. The average molecular weight is 594 g/mol. The smallest absolute Gasteiger partial charge is 0.416 e. The standard InChI is InChI=1S/C24H30F3N3O7S2/c1-38(32,33)30(20-5-2-4-19(18-20)24(25,26)27)12-3-6-23(31)28-11-15-37-21-7-9-22(10-8-21)39(34,35)29-13-16-36-17-14-29/h2,4-5,7-10,18H,3,6,11-17H2,1H3,(H,28,31). The number of amides is 1. The summed E-state index contributed by atoms with van der Waals surface area (Å²) in [6.45, 7) is 1.33. The summed E-state index contributed by atoms with van der Waals surface area (Å²) in [5, 5.41) is 2.62. The van der Waals surface area contributed by atoms with E-state index in [9.17, 15) is 34.8 Å². The van der Waals surface area contributed by atoms with Crippen molar-refractivity contribution >= 4 is 31.6 Å². The molecule has 1 heterocycles. The van der Waals surface area contributed by atoms with Crippen molar-refractivity contribution in [1.82, 2.24) is 9.62 Å². The quantitative estimate of drug-likeness (QED) is 0.375. The Kier molecular flexibility index (Phi) is 10.2. The highest BCUT2D eigenvalue weighted by Crippen LogP contribution is 2.32. The van der Waals surface area contributed by atoms with Crippen LogP contribution in [0.25, 0.3) is 0 Å². The van der Waals surface area contributed by atoms with Gasteiger partial charge in [-0.15, -0.1) is 0 Å². The number of morpholine rings is 1. The number of benzene rings is 2. The molecular formula is C24H30F3N3O7S2. The van der Waals surface area contributed by atoms with Gasteiger partial charge in [0.25, 0.3) is 0 Å². The van der Waals surface area contributed by atoms with E-state index in [-0.39, 0.29) is 62.1 Å². The van der Waals surface area contributed by atoms with Gasteiger partial charge < -0.3 is 14.8 Å². The molecule has 0 radical (unpaired) electrons. The summed E-state index contributed by atoms with van der Waals surface area (Å²) in [6.07, 6.45) is -3.72. The lowest BCUT2D eigenvalue weighted by molar-refractivity contribution is -0.137. The number of carbonyl (C=O) groups is 1. The van der Waals surface area contributed by atoms with E-state index in [1.165, 1.54) is 34.6 Å². The van der Waals surface area contributed by atoms with Gasteiger partial charge in [0, 0.05) is 26.1 Å². The van der Waals surface area contributed by atoms with Gasteiger partial charge in [0.1, 0.15) is 12.4 Å². The third kappa shape index (κ3) is 8.81. The van der Waals surface area contributed by atoms with E-state index in [0.717, 1.165) is 28.8 Å². The second-order valence-electron chi connectivity index (χ2n) is 8.67. The van der Waals surface area contributed by atoms with E-state index >= 15 is 0 Å². The van der Waals surface area contributed by atoms with Crippen molar-refractivity contribution in [1.29, 1.82) is 0 Å². The summed E-state index contributed by atoms with van der Waals surface area (Å²) < 4.78 is 102. The first kappa shape index (κ1) is 30.7. The lowest BCUT2D eigenvalue weighted by Gasteiger charge is -2.26. The Morgan fingerprint density at radius 1 is 1.08 bits per heavy atom. The molecule has 2 aromatic rings. The van der Waals surface area contributed by atoms with Crippen LogP contribution < -0.4 is 14.4 Å². The van der Waals surface area contributed by atoms with Crippen molar-refractivity contribution in [3.05, 3.63) is 54.1 Å². The third-order valence-electron chi connectivity index (χ3n) is 5.75. The molecule has 1 amide bonds. The van der Waals surface area contributed by atoms with Gasteiger partial charge >= 0.3 is 6.18 Å². The van der Waals surface area contributed by atoms with Crippen LogP contribution in [0.4, 0.5) is 18.9 Å². The maximum Gasteiger partial charge on any atom is 0.416 e. The molecule has 15 heteroatoms. The van der Waals surface area contributed by atoms with E-state index in [4.69, 9.17) is 9.47 Å². The Morgan fingerprint density at radius 2 is 1.74 bits per heavy atom. The molecule has 0 bridgehead atoms. The molecule has 1 fully saturated rings. The number of carbonyl (C=O) groups excluding carboxylic acids is 1. The number of rotatable bonds is 12. The maximum atomic E-state index is 13.0. The zero-order chi connectivity index (χ0) is 28.7. The van der Waals surface area contributed by atoms with Crippen LogP contribution in [0.15, 0.2) is 53.4 Å². The van der Waals surface area contributed by atoms with Gasteiger partial charge in [-0.05, 0) is 48.9 Å². The SMILES string of the molecule is CS(=O)(=O)N(CCCC(=O)NCCOc1ccc(S(=O)(=O)N2CCOCC2)cc1)c1cccc(C(F)(F)F)c1. The molecule has 0 atom stereocenters. The lowest BCUT2D eigenvalue weighted by atomic mass is 10.2. The molecule has 0 saturated carbocycles. The minimum atomic E-state index is -4.62. The van der Waals surface area contributed by atoms with Crippen LogP contribution in [0.1, 0.15) is 18.4 Å². The van der Waals surface area contributed by atoms with Gasteiger partial charge in [-0.3, -0.25) is 9.10 Å². The minimum Gasteiger partial charge on any atom is -0.492 e. The number of sulfonamides is 2. The summed E-state index contributed by atoms with van der Waals surface area (Å²) in [5.41, 5.74) is -1.11. The Labute approximate surface area is 225 Å². The van der Waals surface area contributed by atoms with Gasteiger partial charge in [-0.2, -0.15) is 17.5 Å². The Morgan fingerprint density at radius 3 is 2.36 bits per heavy atom. The topological polar surface area (TPSA) is 122 Å². The first-order chi connectivity index (χ1) is 18.3. The first-order valence-corrected chi connectivity index (χ1v) is 15.3. The van der Waals surface area contributed by atoms with Gasteiger partial charge in [-0.25, -0.2) is 16.8 Å². The molecule has 10 nitrogen and oxygen atoms in total. The molecular weight excluding hydrogens is 563 g/mol. The van der Waals surface area contributed by atoms with Gasteiger partial charge in [0.15, 0.2) is 0 Å². The highest BCUT2D eigenvalue weighted by molar-refractivity contribution is 7.92. The molecule has 0 unspecified atom stereocenters. The van der Waals surface area contributed by atoms with Crippen LogP contribution in [-0.4, -0.2) is 79.3 Å². The molecule has 0 aromatic heterocycles. The van der Waals surface area contributed by atoms with E-state index < -0.39 is 31.8 Å². The Hall–Kier alpha value is -2.88. The number of nitrogens with zero attached hydrogens (tertiary/aromatic N) is 2. The summed E-state index contributed by atoms with van der Waals surface area (Å²) in [7, 11) is -7.50. The van der Waals surface area contributed by atoms with Gasteiger partial charge in [0.05, 0.1) is 42.2 Å². The zero-order valence-electron chi connectivity index (χ0n) is 21.2. The predicted octanol–water partition coefficient (Wildman–Crippen LogP) is 2.47. The van der Waals surface area contributed by atoms with E-state index in [1.54, 1.807) is 0 Å². The summed E-state index contributed by atoms with van der Waals surface area (Å²) >= 11 is 0. The molecule has 0 aliphatic carbocycles. The van der Waals surface area contributed by atoms with E-state index in [0.29, 0.717) is 19.0 Å².